The molecule has 4 nitrogen and oxygen atoms in total. The van der Waals surface area contributed by atoms with E-state index in [1.807, 2.05) is 95.8 Å². The quantitative estimate of drug-likeness (QED) is 0.157. The first-order valence-electron chi connectivity index (χ1n) is 18.4. The lowest BCUT2D eigenvalue weighted by Crippen LogP contribution is -2.07. The lowest BCUT2D eigenvalue weighted by Gasteiger charge is -2.19. The second kappa shape index (κ2) is 13.5. The van der Waals surface area contributed by atoms with Gasteiger partial charge < -0.3 is 18.6 Å². The van der Waals surface area contributed by atoms with Crippen molar-refractivity contribution < 1.29 is 35.8 Å². The van der Waals surface area contributed by atoms with Crippen LogP contribution in [-0.2, 0) is 12.4 Å². The van der Waals surface area contributed by atoms with Crippen molar-refractivity contribution in [3.05, 3.63) is 156 Å². The first kappa shape index (κ1) is 36.9. The Morgan fingerprint density at radius 2 is 0.741 bits per heavy atom. The maximum atomic E-state index is 14.4. The van der Waals surface area contributed by atoms with Crippen molar-refractivity contribution in [2.75, 3.05) is 14.2 Å². The number of halogens is 6. The Bertz CT molecular complexity index is 2870. The van der Waals surface area contributed by atoms with Gasteiger partial charge in [0.1, 0.15) is 11.5 Å². The zero-order valence-corrected chi connectivity index (χ0v) is 31.7. The van der Waals surface area contributed by atoms with Crippen LogP contribution in [0, 0.1) is 13.8 Å². The van der Waals surface area contributed by atoms with Crippen LogP contribution in [0.2, 0.25) is 0 Å². The molecule has 0 spiro atoms. The molecule has 0 aliphatic rings. The van der Waals surface area contributed by atoms with Crippen molar-refractivity contribution in [3.8, 4) is 45.1 Å². The van der Waals surface area contributed by atoms with Gasteiger partial charge in [0.15, 0.2) is 0 Å². The molecule has 9 aromatic rings. The number of hydrogen-bond acceptors (Lipinski definition) is 2. The maximum absolute atomic E-state index is 14.4. The number of benzene rings is 7. The molecule has 0 bridgehead atoms. The summed E-state index contributed by atoms with van der Waals surface area (Å²) in [6, 6.07) is 37.1. The summed E-state index contributed by atoms with van der Waals surface area (Å²) in [4.78, 5) is 0. The number of ether oxygens (including phenoxy) is 2. The SMILES string of the molecule is COc1ccc2c(c1)c1cc(C)ccc1n2-c1ccc(C(F)(F)F)cc1-c1ccc(-c2cc(C(F)(F)F)ccc2-n2c3ccc(C)cc3c3cc(OC)ccc32)cc1. The van der Waals surface area contributed by atoms with Gasteiger partial charge in [0.2, 0.25) is 0 Å². The summed E-state index contributed by atoms with van der Waals surface area (Å²) >= 11 is 0. The van der Waals surface area contributed by atoms with Gasteiger partial charge in [-0.1, -0.05) is 47.5 Å². The van der Waals surface area contributed by atoms with Crippen molar-refractivity contribution in [2.24, 2.45) is 0 Å². The Hall–Kier alpha value is -6.68. The van der Waals surface area contributed by atoms with Crippen molar-refractivity contribution in [3.63, 3.8) is 0 Å². The molecule has 2 heterocycles. The number of methoxy groups -OCH3 is 2. The average molecular weight is 785 g/mol. The van der Waals surface area contributed by atoms with Crippen LogP contribution in [0.25, 0.3) is 77.2 Å². The smallest absolute Gasteiger partial charge is 0.416 e. The molecule has 0 aliphatic heterocycles. The van der Waals surface area contributed by atoms with E-state index in [9.17, 15) is 26.3 Å². The molecule has 0 radical (unpaired) electrons. The predicted molar refractivity (Wildman–Crippen MR) is 219 cm³/mol. The first-order valence-corrected chi connectivity index (χ1v) is 18.4. The molecule has 0 unspecified atom stereocenters. The summed E-state index contributed by atoms with van der Waals surface area (Å²) in [5.41, 5.74) is 6.01. The summed E-state index contributed by atoms with van der Waals surface area (Å²) < 4.78 is 101. The molecule has 0 aliphatic carbocycles. The summed E-state index contributed by atoms with van der Waals surface area (Å²) in [5.74, 6) is 1.28. The number of hydrogen-bond donors (Lipinski definition) is 0. The number of fused-ring (bicyclic) bond motifs is 6. The van der Waals surface area contributed by atoms with E-state index < -0.39 is 23.5 Å². The minimum atomic E-state index is -4.63. The van der Waals surface area contributed by atoms with Crippen LogP contribution >= 0.6 is 0 Å². The van der Waals surface area contributed by atoms with Gasteiger partial charge in [0.05, 0.1) is 58.8 Å². The third kappa shape index (κ3) is 6.11. The monoisotopic (exact) mass is 784 g/mol. The fourth-order valence-corrected chi connectivity index (χ4v) is 8.11. The van der Waals surface area contributed by atoms with Gasteiger partial charge >= 0.3 is 12.4 Å². The third-order valence-corrected chi connectivity index (χ3v) is 10.9. The highest BCUT2D eigenvalue weighted by Gasteiger charge is 2.33. The summed E-state index contributed by atoms with van der Waals surface area (Å²) in [6.07, 6.45) is -9.26. The van der Waals surface area contributed by atoms with Crippen LogP contribution in [0.5, 0.6) is 11.5 Å². The van der Waals surface area contributed by atoms with E-state index in [0.29, 0.717) is 45.1 Å². The minimum Gasteiger partial charge on any atom is -0.497 e. The van der Waals surface area contributed by atoms with E-state index in [1.54, 1.807) is 38.5 Å². The van der Waals surface area contributed by atoms with Crippen LogP contribution in [-0.4, -0.2) is 23.4 Å². The van der Waals surface area contributed by atoms with E-state index in [4.69, 9.17) is 9.47 Å². The van der Waals surface area contributed by atoms with Gasteiger partial charge in [0, 0.05) is 32.7 Å². The Kier molecular flexibility index (Phi) is 8.58. The molecule has 9 rings (SSSR count). The lowest BCUT2D eigenvalue weighted by atomic mass is 9.95. The molecule has 0 N–H and O–H groups in total. The van der Waals surface area contributed by atoms with Crippen LogP contribution in [0.4, 0.5) is 26.3 Å². The molecule has 7 aromatic carbocycles. The summed E-state index contributed by atoms with van der Waals surface area (Å²) in [5, 5.41) is 3.56. The van der Waals surface area contributed by atoms with Crippen LogP contribution < -0.4 is 9.47 Å². The van der Waals surface area contributed by atoms with E-state index in [0.717, 1.165) is 79.0 Å². The normalized spacial score (nSPS) is 12.3. The van der Waals surface area contributed by atoms with E-state index in [1.165, 1.54) is 12.1 Å². The number of rotatable bonds is 6. The molecule has 290 valence electrons. The highest BCUT2D eigenvalue weighted by molar-refractivity contribution is 6.11. The largest absolute Gasteiger partial charge is 0.497 e. The van der Waals surface area contributed by atoms with Gasteiger partial charge in [-0.3, -0.25) is 0 Å². The zero-order chi connectivity index (χ0) is 40.7. The second-order valence-electron chi connectivity index (χ2n) is 14.5. The third-order valence-electron chi connectivity index (χ3n) is 10.9. The Morgan fingerprint density at radius 3 is 1.09 bits per heavy atom. The summed E-state index contributed by atoms with van der Waals surface area (Å²) in [6.45, 7) is 3.95. The van der Waals surface area contributed by atoms with Crippen LogP contribution in [0.15, 0.2) is 133 Å². The Balaban J connectivity index is 1.26. The standard InChI is InChI=1S/C48H34F6N2O2/c1-27-5-15-43-37(21-27)39-25-33(57-3)13-19-45(39)55(43)41-17-11-31(47(49,50)51)23-35(41)29-7-9-30(10-8-29)36-24-32(48(52,53)54)12-18-42(36)56-44-16-6-28(2)22-38(44)40-26-34(58-4)14-20-46(40)56/h5-26H,1-4H3. The fourth-order valence-electron chi connectivity index (χ4n) is 8.11. The van der Waals surface area contributed by atoms with Crippen molar-refractivity contribution >= 4 is 43.6 Å². The highest BCUT2D eigenvalue weighted by Crippen LogP contribution is 2.44. The van der Waals surface area contributed by atoms with Gasteiger partial charge in [-0.2, -0.15) is 26.3 Å². The van der Waals surface area contributed by atoms with E-state index in [-0.39, 0.29) is 0 Å². The maximum Gasteiger partial charge on any atom is 0.416 e. The summed E-state index contributed by atoms with van der Waals surface area (Å²) in [7, 11) is 3.15. The molecular weight excluding hydrogens is 751 g/mol. The van der Waals surface area contributed by atoms with Crippen LogP contribution in [0.1, 0.15) is 22.3 Å². The predicted octanol–water partition coefficient (Wildman–Crippen LogP) is 13.9. The molecule has 0 amide bonds. The minimum absolute atomic E-state index is 0.299. The Labute approximate surface area is 329 Å². The highest BCUT2D eigenvalue weighted by atomic mass is 19.4. The fraction of sp³-hybridized carbons (Fsp3) is 0.125. The first-order chi connectivity index (χ1) is 27.7. The number of aromatic nitrogens is 2. The van der Waals surface area contributed by atoms with Gasteiger partial charge in [0.25, 0.3) is 0 Å². The van der Waals surface area contributed by atoms with E-state index >= 15 is 0 Å². The van der Waals surface area contributed by atoms with Gasteiger partial charge in [-0.25, -0.2) is 0 Å². The van der Waals surface area contributed by atoms with Crippen molar-refractivity contribution in [1.29, 1.82) is 0 Å². The number of alkyl halides is 6. The molecule has 0 fully saturated rings. The topological polar surface area (TPSA) is 28.3 Å². The average Bonchev–Trinajstić information content (AvgIpc) is 3.70. The lowest BCUT2D eigenvalue weighted by molar-refractivity contribution is -0.138. The number of nitrogens with zero attached hydrogens (tertiary/aromatic N) is 2. The molecular formula is C48H34F6N2O2. The second-order valence-corrected chi connectivity index (χ2v) is 14.5. The van der Waals surface area contributed by atoms with Crippen LogP contribution in [0.3, 0.4) is 0 Å². The van der Waals surface area contributed by atoms with Gasteiger partial charge in [-0.05, 0) is 122 Å². The molecule has 0 saturated heterocycles. The van der Waals surface area contributed by atoms with Crippen molar-refractivity contribution in [1.82, 2.24) is 9.13 Å². The zero-order valence-electron chi connectivity index (χ0n) is 31.7. The molecule has 2 aromatic heterocycles. The molecule has 0 saturated carbocycles. The van der Waals surface area contributed by atoms with E-state index in [2.05, 4.69) is 0 Å². The molecule has 58 heavy (non-hydrogen) atoms. The van der Waals surface area contributed by atoms with Gasteiger partial charge in [-0.15, -0.1) is 0 Å². The van der Waals surface area contributed by atoms with Crippen molar-refractivity contribution in [2.45, 2.75) is 26.2 Å². The number of aryl methyl sites for hydroxylation is 2. The molecule has 10 heteroatoms. The molecule has 0 atom stereocenters. The Morgan fingerprint density at radius 1 is 0.397 bits per heavy atom.